The molecule has 0 amide bonds. The highest BCUT2D eigenvalue weighted by Crippen LogP contribution is 2.21. The molecule has 0 aliphatic rings. The second-order valence-electron chi connectivity index (χ2n) is 5.40. The molecule has 4 nitrogen and oxygen atoms in total. The first-order chi connectivity index (χ1) is 11.6. The number of hydrogen-bond acceptors (Lipinski definition) is 3. The summed E-state index contributed by atoms with van der Waals surface area (Å²) >= 11 is 0. The van der Waals surface area contributed by atoms with E-state index in [2.05, 4.69) is 11.8 Å². The molecule has 4 heteroatoms. The third-order valence-electron chi connectivity index (χ3n) is 3.35. The van der Waals surface area contributed by atoms with Crippen molar-refractivity contribution in [3.05, 3.63) is 65.2 Å². The van der Waals surface area contributed by atoms with Gasteiger partial charge in [0, 0.05) is 18.4 Å². The Morgan fingerprint density at radius 3 is 2.62 bits per heavy atom. The molecule has 0 saturated carbocycles. The summed E-state index contributed by atoms with van der Waals surface area (Å²) in [7, 11) is 0. The van der Waals surface area contributed by atoms with Crippen LogP contribution in [-0.2, 0) is 11.4 Å². The molecule has 0 fully saturated rings. The molecule has 0 spiro atoms. The fourth-order valence-corrected chi connectivity index (χ4v) is 2.05. The molecular weight excluding hydrogens is 300 g/mol. The number of nitrogens with one attached hydrogen (secondary N) is 1. The number of nitrogen functional groups attached to an aromatic ring is 1. The number of hydrogen-bond donors (Lipinski definition) is 2. The summed E-state index contributed by atoms with van der Waals surface area (Å²) in [5, 5.41) is 7.55. The van der Waals surface area contributed by atoms with Crippen LogP contribution in [0.25, 0.3) is 0 Å². The van der Waals surface area contributed by atoms with Crippen molar-refractivity contribution in [1.82, 2.24) is 0 Å². The van der Waals surface area contributed by atoms with Gasteiger partial charge in [0.15, 0.2) is 0 Å². The largest absolute Gasteiger partial charge is 0.488 e. The van der Waals surface area contributed by atoms with Crippen LogP contribution < -0.4 is 10.5 Å². The molecule has 2 aromatic rings. The van der Waals surface area contributed by atoms with Gasteiger partial charge >= 0.3 is 0 Å². The van der Waals surface area contributed by atoms with E-state index in [4.69, 9.17) is 15.9 Å². The number of benzene rings is 2. The number of carbonyl (C=O) groups excluding carboxylic acids is 1. The summed E-state index contributed by atoms with van der Waals surface area (Å²) in [6.07, 6.45) is 0.928. The van der Waals surface area contributed by atoms with E-state index in [-0.39, 0.29) is 11.6 Å². The third-order valence-corrected chi connectivity index (χ3v) is 3.35. The van der Waals surface area contributed by atoms with Crippen molar-refractivity contribution in [2.45, 2.75) is 26.4 Å². The van der Waals surface area contributed by atoms with Crippen molar-refractivity contribution < 1.29 is 9.53 Å². The standard InChI is InChI=1S/C20H20N2O2/c1-15(23)7-5-6-10-17-13-18(20(21)22)11-12-19(17)24-14-16-8-3-2-4-9-16/h2-4,8-9,11-13H,5,7,14H2,1H3,(H3,21,22). The monoisotopic (exact) mass is 320 g/mol. The Morgan fingerprint density at radius 1 is 1.21 bits per heavy atom. The van der Waals surface area contributed by atoms with Crippen LogP contribution in [0, 0.1) is 17.3 Å². The average molecular weight is 320 g/mol. The molecule has 24 heavy (non-hydrogen) atoms. The van der Waals surface area contributed by atoms with E-state index in [0.717, 1.165) is 5.56 Å². The molecular formula is C20H20N2O2. The fraction of sp³-hybridized carbons (Fsp3) is 0.200. The Morgan fingerprint density at radius 2 is 1.96 bits per heavy atom. The lowest BCUT2D eigenvalue weighted by atomic mass is 10.1. The first-order valence-electron chi connectivity index (χ1n) is 7.69. The average Bonchev–Trinajstić information content (AvgIpc) is 2.58. The first-order valence-corrected chi connectivity index (χ1v) is 7.69. The Hall–Kier alpha value is -3.06. The van der Waals surface area contributed by atoms with E-state index in [0.29, 0.717) is 36.3 Å². The van der Waals surface area contributed by atoms with E-state index < -0.39 is 0 Å². The van der Waals surface area contributed by atoms with E-state index in [1.807, 2.05) is 30.3 Å². The molecule has 0 aliphatic carbocycles. The second kappa shape index (κ2) is 8.54. The van der Waals surface area contributed by atoms with Crippen molar-refractivity contribution in [3.8, 4) is 17.6 Å². The molecule has 0 heterocycles. The molecule has 0 radical (unpaired) electrons. The minimum Gasteiger partial charge on any atom is -0.488 e. The Balaban J connectivity index is 2.18. The van der Waals surface area contributed by atoms with Crippen LogP contribution in [0.15, 0.2) is 48.5 Å². The van der Waals surface area contributed by atoms with Gasteiger partial charge in [0.1, 0.15) is 24.0 Å². The van der Waals surface area contributed by atoms with Crippen LogP contribution in [0.4, 0.5) is 0 Å². The lowest BCUT2D eigenvalue weighted by Gasteiger charge is -2.10. The fourth-order valence-electron chi connectivity index (χ4n) is 2.05. The van der Waals surface area contributed by atoms with E-state index in [1.165, 1.54) is 0 Å². The van der Waals surface area contributed by atoms with Gasteiger partial charge in [0.25, 0.3) is 0 Å². The molecule has 0 saturated heterocycles. The van der Waals surface area contributed by atoms with Crippen molar-refractivity contribution >= 4 is 11.6 Å². The van der Waals surface area contributed by atoms with Gasteiger partial charge in [-0.05, 0) is 30.7 Å². The minimum absolute atomic E-state index is 0.0172. The number of nitrogens with two attached hydrogens (primary N) is 1. The van der Waals surface area contributed by atoms with Crippen LogP contribution in [0.1, 0.15) is 36.5 Å². The molecule has 122 valence electrons. The molecule has 0 aliphatic heterocycles. The molecule has 2 aromatic carbocycles. The first kappa shape index (κ1) is 17.3. The maximum absolute atomic E-state index is 11.0. The summed E-state index contributed by atoms with van der Waals surface area (Å²) in [5.74, 6) is 6.73. The van der Waals surface area contributed by atoms with Gasteiger partial charge in [-0.25, -0.2) is 0 Å². The zero-order chi connectivity index (χ0) is 17.4. The lowest BCUT2D eigenvalue weighted by Crippen LogP contribution is -2.11. The van der Waals surface area contributed by atoms with Crippen molar-refractivity contribution in [2.75, 3.05) is 0 Å². The number of rotatable bonds is 6. The van der Waals surface area contributed by atoms with Crippen molar-refractivity contribution in [2.24, 2.45) is 5.73 Å². The SMILES string of the molecule is CC(=O)CCC#Cc1cc(C(=N)N)ccc1OCc1ccccc1. The van der Waals surface area contributed by atoms with Gasteiger partial charge in [-0.2, -0.15) is 0 Å². The van der Waals surface area contributed by atoms with Crippen LogP contribution >= 0.6 is 0 Å². The summed E-state index contributed by atoms with van der Waals surface area (Å²) in [6, 6.07) is 15.1. The van der Waals surface area contributed by atoms with Gasteiger partial charge in [0.05, 0.1) is 5.56 Å². The minimum atomic E-state index is -0.0172. The Kier molecular flexibility index (Phi) is 6.16. The highest BCUT2D eigenvalue weighted by Gasteiger charge is 2.06. The Labute approximate surface area is 142 Å². The predicted molar refractivity (Wildman–Crippen MR) is 95.0 cm³/mol. The molecule has 3 N–H and O–H groups in total. The maximum Gasteiger partial charge on any atom is 0.135 e. The van der Waals surface area contributed by atoms with Gasteiger partial charge in [-0.15, -0.1) is 0 Å². The number of amidine groups is 1. The van der Waals surface area contributed by atoms with Crippen LogP contribution in [0.3, 0.4) is 0 Å². The zero-order valence-electron chi connectivity index (χ0n) is 13.6. The zero-order valence-corrected chi connectivity index (χ0v) is 13.6. The molecule has 0 atom stereocenters. The van der Waals surface area contributed by atoms with E-state index in [9.17, 15) is 4.79 Å². The number of ketones is 1. The third kappa shape index (κ3) is 5.29. The normalized spacial score (nSPS) is 9.71. The van der Waals surface area contributed by atoms with Crippen molar-refractivity contribution in [3.63, 3.8) is 0 Å². The summed E-state index contributed by atoms with van der Waals surface area (Å²) < 4.78 is 5.86. The molecule has 0 bridgehead atoms. The van der Waals surface area contributed by atoms with Gasteiger partial charge < -0.3 is 10.5 Å². The Bertz CT molecular complexity index is 786. The summed E-state index contributed by atoms with van der Waals surface area (Å²) in [6.45, 7) is 1.98. The van der Waals surface area contributed by atoms with Crippen LogP contribution in [0.5, 0.6) is 5.75 Å². The molecule has 2 rings (SSSR count). The molecule has 0 unspecified atom stereocenters. The number of Topliss-reactive ketones (excluding diaryl/α,β-unsaturated/α-hetero) is 1. The highest BCUT2D eigenvalue weighted by molar-refractivity contribution is 5.95. The maximum atomic E-state index is 11.0. The number of ether oxygens (including phenoxy) is 1. The van der Waals surface area contributed by atoms with Crippen molar-refractivity contribution in [1.29, 1.82) is 5.41 Å². The smallest absolute Gasteiger partial charge is 0.135 e. The summed E-state index contributed by atoms with van der Waals surface area (Å²) in [4.78, 5) is 11.0. The quantitative estimate of drug-likeness (QED) is 0.487. The lowest BCUT2D eigenvalue weighted by molar-refractivity contribution is -0.116. The van der Waals surface area contributed by atoms with Gasteiger partial charge in [0.2, 0.25) is 0 Å². The van der Waals surface area contributed by atoms with Gasteiger partial charge in [-0.3, -0.25) is 10.2 Å². The number of carbonyl (C=O) groups is 1. The van der Waals surface area contributed by atoms with E-state index in [1.54, 1.807) is 25.1 Å². The molecule has 0 aromatic heterocycles. The topological polar surface area (TPSA) is 76.2 Å². The second-order valence-corrected chi connectivity index (χ2v) is 5.40. The van der Waals surface area contributed by atoms with Gasteiger partial charge in [-0.1, -0.05) is 42.2 Å². The predicted octanol–water partition coefficient (Wildman–Crippen LogP) is 3.27. The summed E-state index contributed by atoms with van der Waals surface area (Å²) in [5.41, 5.74) is 7.86. The van der Waals surface area contributed by atoms with Crippen LogP contribution in [-0.4, -0.2) is 11.6 Å². The van der Waals surface area contributed by atoms with E-state index >= 15 is 0 Å². The van der Waals surface area contributed by atoms with Crippen LogP contribution in [0.2, 0.25) is 0 Å². The highest BCUT2D eigenvalue weighted by atomic mass is 16.5.